The number of halogens is 6. The summed E-state index contributed by atoms with van der Waals surface area (Å²) in [6.07, 6.45) is -4.04. The molecule has 1 amide bonds. The number of piperidine rings is 1. The van der Waals surface area contributed by atoms with Crippen molar-refractivity contribution in [2.24, 2.45) is 5.92 Å². The van der Waals surface area contributed by atoms with Gasteiger partial charge in [-0.1, -0.05) is 11.6 Å². The zero-order chi connectivity index (χ0) is 19.1. The number of pyridine rings is 1. The first-order chi connectivity index (χ1) is 12.1. The van der Waals surface area contributed by atoms with Crippen molar-refractivity contribution >= 4 is 23.3 Å². The highest BCUT2D eigenvalue weighted by molar-refractivity contribution is 6.33. The van der Waals surface area contributed by atoms with Gasteiger partial charge in [-0.05, 0) is 12.5 Å². The molecule has 10 heteroatoms. The van der Waals surface area contributed by atoms with Crippen LogP contribution in [-0.2, 0) is 11.0 Å². The van der Waals surface area contributed by atoms with Crippen molar-refractivity contribution in [2.45, 2.75) is 31.4 Å². The molecule has 2 aliphatic rings. The zero-order valence-electron chi connectivity index (χ0n) is 13.7. The first-order valence-electron chi connectivity index (χ1n) is 8.21. The lowest BCUT2D eigenvalue weighted by Crippen LogP contribution is -2.45. The molecule has 2 fully saturated rings. The quantitative estimate of drug-likeness (QED) is 0.711. The Morgan fingerprint density at radius 2 is 1.88 bits per heavy atom. The average Bonchev–Trinajstić information content (AvgIpc) is 3.03. The van der Waals surface area contributed by atoms with Crippen LogP contribution in [0.1, 0.15) is 24.8 Å². The van der Waals surface area contributed by atoms with Crippen LogP contribution in [0.25, 0.3) is 0 Å². The average molecular weight is 398 g/mol. The Kier molecular flexibility index (Phi) is 5.02. The number of rotatable bonds is 2. The fourth-order valence-electron chi connectivity index (χ4n) is 3.29. The molecular formula is C16H17ClF5N3O. The molecule has 1 unspecified atom stereocenters. The molecule has 0 bridgehead atoms. The van der Waals surface area contributed by atoms with Crippen LogP contribution in [-0.4, -0.2) is 47.9 Å². The minimum atomic E-state index is -4.53. The van der Waals surface area contributed by atoms with E-state index in [0.29, 0.717) is 19.2 Å². The van der Waals surface area contributed by atoms with E-state index in [-0.39, 0.29) is 49.2 Å². The number of amides is 1. The number of carbonyl (C=O) groups excluding carboxylic acids is 1. The maximum atomic E-state index is 13.2. The van der Waals surface area contributed by atoms with Crippen molar-refractivity contribution in [3.8, 4) is 0 Å². The fraction of sp³-hybridized carbons (Fsp3) is 0.625. The third kappa shape index (κ3) is 4.02. The van der Waals surface area contributed by atoms with E-state index in [0.717, 1.165) is 6.07 Å². The Bertz CT molecular complexity index is 687. The van der Waals surface area contributed by atoms with E-state index in [1.54, 1.807) is 4.90 Å². The first-order valence-corrected chi connectivity index (χ1v) is 8.59. The number of aromatic nitrogens is 1. The van der Waals surface area contributed by atoms with Gasteiger partial charge < -0.3 is 9.80 Å². The van der Waals surface area contributed by atoms with Gasteiger partial charge in [0.15, 0.2) is 0 Å². The van der Waals surface area contributed by atoms with Gasteiger partial charge in [-0.3, -0.25) is 4.79 Å². The predicted molar refractivity (Wildman–Crippen MR) is 85.3 cm³/mol. The van der Waals surface area contributed by atoms with E-state index in [1.165, 1.54) is 4.90 Å². The first kappa shape index (κ1) is 19.1. The van der Waals surface area contributed by atoms with Gasteiger partial charge in [0.1, 0.15) is 5.82 Å². The number of hydrogen-bond acceptors (Lipinski definition) is 3. The number of anilines is 1. The van der Waals surface area contributed by atoms with Gasteiger partial charge in [-0.2, -0.15) is 13.2 Å². The summed E-state index contributed by atoms with van der Waals surface area (Å²) in [6, 6.07) is 0.811. The van der Waals surface area contributed by atoms with Crippen molar-refractivity contribution in [3.63, 3.8) is 0 Å². The van der Waals surface area contributed by atoms with Crippen LogP contribution < -0.4 is 4.90 Å². The minimum absolute atomic E-state index is 0.0155. The number of likely N-dealkylation sites (tertiary alicyclic amines) is 1. The predicted octanol–water partition coefficient (Wildman–Crippen LogP) is 3.84. The molecule has 0 N–H and O–H groups in total. The number of nitrogens with zero attached hydrogens (tertiary/aromatic N) is 3. The summed E-state index contributed by atoms with van der Waals surface area (Å²) >= 11 is 5.94. The Labute approximate surface area is 151 Å². The SMILES string of the molecule is O=C(C1CCN(c2ncc(C(F)(F)F)cc2Cl)C1)N1CCC(F)(F)CC1. The summed E-state index contributed by atoms with van der Waals surface area (Å²) < 4.78 is 64.5. The largest absolute Gasteiger partial charge is 0.417 e. The van der Waals surface area contributed by atoms with Gasteiger partial charge in [-0.25, -0.2) is 13.8 Å². The van der Waals surface area contributed by atoms with Gasteiger partial charge >= 0.3 is 6.18 Å². The Morgan fingerprint density at radius 3 is 2.46 bits per heavy atom. The van der Waals surface area contributed by atoms with Crippen LogP contribution in [0.2, 0.25) is 5.02 Å². The summed E-state index contributed by atoms with van der Waals surface area (Å²) in [5.41, 5.74) is -0.938. The van der Waals surface area contributed by atoms with Crippen LogP contribution in [0.4, 0.5) is 27.8 Å². The van der Waals surface area contributed by atoms with Crippen LogP contribution in [0.3, 0.4) is 0 Å². The molecule has 144 valence electrons. The molecule has 3 rings (SSSR count). The van der Waals surface area contributed by atoms with Crippen molar-refractivity contribution < 1.29 is 26.7 Å². The molecular weight excluding hydrogens is 381 g/mol. The van der Waals surface area contributed by atoms with Crippen molar-refractivity contribution in [3.05, 3.63) is 22.8 Å². The molecule has 0 aliphatic carbocycles. The van der Waals surface area contributed by atoms with Crippen molar-refractivity contribution in [1.29, 1.82) is 0 Å². The number of carbonyl (C=O) groups is 1. The van der Waals surface area contributed by atoms with Crippen molar-refractivity contribution in [1.82, 2.24) is 9.88 Å². The second kappa shape index (κ2) is 6.83. The van der Waals surface area contributed by atoms with E-state index in [2.05, 4.69) is 4.98 Å². The molecule has 0 aromatic carbocycles. The molecule has 0 saturated carbocycles. The van der Waals surface area contributed by atoms with E-state index >= 15 is 0 Å². The molecule has 0 spiro atoms. The smallest absolute Gasteiger partial charge is 0.355 e. The Morgan fingerprint density at radius 1 is 1.23 bits per heavy atom. The van der Waals surface area contributed by atoms with E-state index in [1.807, 2.05) is 0 Å². The van der Waals surface area contributed by atoms with Gasteiger partial charge in [0, 0.05) is 45.2 Å². The molecule has 3 heterocycles. The fourth-order valence-corrected chi connectivity index (χ4v) is 3.57. The highest BCUT2D eigenvalue weighted by atomic mass is 35.5. The van der Waals surface area contributed by atoms with Crippen LogP contribution in [0.15, 0.2) is 12.3 Å². The molecule has 1 atom stereocenters. The monoisotopic (exact) mass is 397 g/mol. The van der Waals surface area contributed by atoms with E-state index in [4.69, 9.17) is 11.6 Å². The van der Waals surface area contributed by atoms with E-state index < -0.39 is 23.6 Å². The van der Waals surface area contributed by atoms with Crippen LogP contribution in [0, 0.1) is 5.92 Å². The highest BCUT2D eigenvalue weighted by Crippen LogP contribution is 2.35. The lowest BCUT2D eigenvalue weighted by atomic mass is 10.0. The summed E-state index contributed by atoms with van der Waals surface area (Å²) in [7, 11) is 0. The number of hydrogen-bond donors (Lipinski definition) is 0. The number of alkyl halides is 5. The van der Waals surface area contributed by atoms with E-state index in [9.17, 15) is 26.7 Å². The zero-order valence-corrected chi connectivity index (χ0v) is 14.5. The maximum Gasteiger partial charge on any atom is 0.417 e. The molecule has 1 aromatic heterocycles. The molecule has 2 saturated heterocycles. The molecule has 26 heavy (non-hydrogen) atoms. The molecule has 4 nitrogen and oxygen atoms in total. The minimum Gasteiger partial charge on any atom is -0.355 e. The highest BCUT2D eigenvalue weighted by Gasteiger charge is 2.39. The molecule has 2 aliphatic heterocycles. The van der Waals surface area contributed by atoms with Crippen LogP contribution in [0.5, 0.6) is 0 Å². The normalized spacial score (nSPS) is 23.4. The summed E-state index contributed by atoms with van der Waals surface area (Å²) in [4.78, 5) is 19.4. The van der Waals surface area contributed by atoms with Crippen LogP contribution >= 0.6 is 11.6 Å². The summed E-state index contributed by atoms with van der Waals surface area (Å²) in [5, 5.41) is -0.134. The maximum absolute atomic E-state index is 13.2. The third-order valence-electron chi connectivity index (χ3n) is 4.79. The second-order valence-corrected chi connectivity index (χ2v) is 7.05. The van der Waals surface area contributed by atoms with Crippen molar-refractivity contribution in [2.75, 3.05) is 31.1 Å². The standard InChI is InChI=1S/C16H17ClF5N3O/c17-12-7-11(16(20,21)22)8-23-13(12)25-4-1-10(9-25)14(26)24-5-2-15(18,19)3-6-24/h7-8,10H,1-6,9H2. The summed E-state index contributed by atoms with van der Waals surface area (Å²) in [6.45, 7) is 0.700. The summed E-state index contributed by atoms with van der Waals surface area (Å²) in [5.74, 6) is -3.14. The van der Waals surface area contributed by atoms with Gasteiger partial charge in [0.25, 0.3) is 5.92 Å². The van der Waals surface area contributed by atoms with Gasteiger partial charge in [0.05, 0.1) is 16.5 Å². The lowest BCUT2D eigenvalue weighted by molar-refractivity contribution is -0.141. The third-order valence-corrected chi connectivity index (χ3v) is 5.07. The topological polar surface area (TPSA) is 36.4 Å². The molecule has 0 radical (unpaired) electrons. The van der Waals surface area contributed by atoms with Gasteiger partial charge in [0.2, 0.25) is 5.91 Å². The lowest BCUT2D eigenvalue weighted by Gasteiger charge is -2.33. The second-order valence-electron chi connectivity index (χ2n) is 6.64. The molecule has 1 aromatic rings. The van der Waals surface area contributed by atoms with Gasteiger partial charge in [-0.15, -0.1) is 0 Å². The Balaban J connectivity index is 1.64. The Hall–Kier alpha value is -1.64.